The number of rotatable bonds is 12. The third-order valence-electron chi connectivity index (χ3n) is 4.34. The fourth-order valence-electron chi connectivity index (χ4n) is 3.41. The molecular weight excluding hydrogens is 232 g/mol. The highest BCUT2D eigenvalue weighted by atomic mass is 15.2. The summed E-state index contributed by atoms with van der Waals surface area (Å²) in [5.41, 5.74) is 3.08. The smallest absolute Gasteiger partial charge is 0.0243 e. The Hall–Kier alpha value is -0.0800. The highest BCUT2D eigenvalue weighted by molar-refractivity contribution is 4.79. The summed E-state index contributed by atoms with van der Waals surface area (Å²) in [4.78, 5) is 0. The van der Waals surface area contributed by atoms with Gasteiger partial charge in [0.2, 0.25) is 0 Å². The molecule has 0 saturated heterocycles. The second-order valence-corrected chi connectivity index (χ2v) is 6.75. The Balaban J connectivity index is 3.86. The van der Waals surface area contributed by atoms with Crippen LogP contribution in [-0.4, -0.2) is 6.04 Å². The first-order valence-electron chi connectivity index (χ1n) is 8.50. The lowest BCUT2D eigenvalue weighted by Crippen LogP contribution is -2.44. The van der Waals surface area contributed by atoms with E-state index in [-0.39, 0.29) is 0 Å². The molecule has 2 heteroatoms. The van der Waals surface area contributed by atoms with Crippen molar-refractivity contribution in [3.63, 3.8) is 0 Å². The lowest BCUT2D eigenvalue weighted by molar-refractivity contribution is 0.197. The van der Waals surface area contributed by atoms with E-state index >= 15 is 0 Å². The quantitative estimate of drug-likeness (QED) is 0.301. The lowest BCUT2D eigenvalue weighted by Gasteiger charge is -2.33. The van der Waals surface area contributed by atoms with Gasteiger partial charge in [0.15, 0.2) is 0 Å². The van der Waals surface area contributed by atoms with E-state index < -0.39 is 0 Å². The standard InChI is InChI=1S/C17H38N2/c1-6-7-8-9-10-11-12-13-16(19-18)17(14(2)3)15(4)5/h14-17,19H,6-13,18H2,1-5H3. The molecule has 0 amide bonds. The van der Waals surface area contributed by atoms with Crippen LogP contribution in [0.1, 0.15) is 86.0 Å². The summed E-state index contributed by atoms with van der Waals surface area (Å²) < 4.78 is 0. The minimum Gasteiger partial charge on any atom is -0.271 e. The largest absolute Gasteiger partial charge is 0.271 e. The van der Waals surface area contributed by atoms with Crippen molar-refractivity contribution in [3.05, 3.63) is 0 Å². The van der Waals surface area contributed by atoms with E-state index in [1.165, 1.54) is 51.4 Å². The molecule has 0 aliphatic rings. The predicted molar refractivity (Wildman–Crippen MR) is 86.9 cm³/mol. The first-order chi connectivity index (χ1) is 9.04. The van der Waals surface area contributed by atoms with Gasteiger partial charge >= 0.3 is 0 Å². The molecule has 0 heterocycles. The van der Waals surface area contributed by atoms with Crippen LogP contribution < -0.4 is 11.3 Å². The molecule has 19 heavy (non-hydrogen) atoms. The normalized spacial score (nSPS) is 13.7. The van der Waals surface area contributed by atoms with Crippen molar-refractivity contribution >= 4 is 0 Å². The Labute approximate surface area is 121 Å². The lowest BCUT2D eigenvalue weighted by atomic mass is 9.78. The molecule has 0 aromatic rings. The molecule has 3 N–H and O–H groups in total. The van der Waals surface area contributed by atoms with E-state index in [2.05, 4.69) is 40.0 Å². The van der Waals surface area contributed by atoms with Gasteiger partial charge in [-0.05, 0) is 24.2 Å². The molecule has 2 nitrogen and oxygen atoms in total. The summed E-state index contributed by atoms with van der Waals surface area (Å²) in [5.74, 6) is 7.86. The number of hydrogen-bond donors (Lipinski definition) is 2. The topological polar surface area (TPSA) is 38.0 Å². The maximum atomic E-state index is 5.78. The molecule has 0 aliphatic heterocycles. The third kappa shape index (κ3) is 8.65. The van der Waals surface area contributed by atoms with Crippen molar-refractivity contribution in [2.45, 2.75) is 92.0 Å². The molecule has 0 spiro atoms. The average molecular weight is 271 g/mol. The molecule has 0 radical (unpaired) electrons. The molecule has 1 unspecified atom stereocenters. The SMILES string of the molecule is CCCCCCCCCC(NN)C(C(C)C)C(C)C. The first-order valence-corrected chi connectivity index (χ1v) is 8.50. The van der Waals surface area contributed by atoms with Crippen molar-refractivity contribution in [3.8, 4) is 0 Å². The summed E-state index contributed by atoms with van der Waals surface area (Å²) in [6, 6.07) is 0.482. The van der Waals surface area contributed by atoms with Crippen LogP contribution >= 0.6 is 0 Å². The minimum absolute atomic E-state index is 0.482. The van der Waals surface area contributed by atoms with E-state index in [1.54, 1.807) is 0 Å². The Morgan fingerprint density at radius 1 is 0.789 bits per heavy atom. The molecule has 0 bridgehead atoms. The highest BCUT2D eigenvalue weighted by Crippen LogP contribution is 2.27. The fraction of sp³-hybridized carbons (Fsp3) is 1.00. The number of nitrogens with one attached hydrogen (secondary N) is 1. The monoisotopic (exact) mass is 270 g/mol. The van der Waals surface area contributed by atoms with Crippen molar-refractivity contribution in [2.24, 2.45) is 23.6 Å². The van der Waals surface area contributed by atoms with Crippen molar-refractivity contribution < 1.29 is 0 Å². The summed E-state index contributed by atoms with van der Waals surface area (Å²) in [6.45, 7) is 11.6. The maximum Gasteiger partial charge on any atom is 0.0243 e. The van der Waals surface area contributed by atoms with Gasteiger partial charge in [0.25, 0.3) is 0 Å². The molecule has 0 saturated carbocycles. The van der Waals surface area contributed by atoms with Crippen LogP contribution in [0.4, 0.5) is 0 Å². The van der Waals surface area contributed by atoms with E-state index in [4.69, 9.17) is 5.84 Å². The second kappa shape index (κ2) is 11.7. The molecule has 116 valence electrons. The average Bonchev–Trinajstić information content (AvgIpc) is 2.35. The van der Waals surface area contributed by atoms with Crippen molar-refractivity contribution in [2.75, 3.05) is 0 Å². The van der Waals surface area contributed by atoms with Gasteiger partial charge in [0.1, 0.15) is 0 Å². The van der Waals surface area contributed by atoms with E-state index in [0.717, 1.165) is 0 Å². The van der Waals surface area contributed by atoms with Crippen LogP contribution in [0.5, 0.6) is 0 Å². The maximum absolute atomic E-state index is 5.78. The second-order valence-electron chi connectivity index (χ2n) is 6.75. The molecule has 0 aliphatic carbocycles. The minimum atomic E-state index is 0.482. The molecular formula is C17H38N2. The van der Waals surface area contributed by atoms with E-state index in [0.29, 0.717) is 23.8 Å². The zero-order valence-corrected chi connectivity index (χ0v) is 14.0. The van der Waals surface area contributed by atoms with Crippen LogP contribution in [-0.2, 0) is 0 Å². The summed E-state index contributed by atoms with van der Waals surface area (Å²) in [6.07, 6.45) is 10.9. The third-order valence-corrected chi connectivity index (χ3v) is 4.34. The van der Waals surface area contributed by atoms with Gasteiger partial charge < -0.3 is 0 Å². The van der Waals surface area contributed by atoms with Crippen LogP contribution in [0.25, 0.3) is 0 Å². The Morgan fingerprint density at radius 3 is 1.68 bits per heavy atom. The molecule has 0 aromatic carbocycles. The summed E-state index contributed by atoms with van der Waals surface area (Å²) >= 11 is 0. The number of unbranched alkanes of at least 4 members (excludes halogenated alkanes) is 6. The van der Waals surface area contributed by atoms with Gasteiger partial charge in [-0.1, -0.05) is 79.6 Å². The van der Waals surface area contributed by atoms with Gasteiger partial charge in [-0.15, -0.1) is 0 Å². The van der Waals surface area contributed by atoms with Gasteiger partial charge in [-0.2, -0.15) is 0 Å². The number of hydrogen-bond acceptors (Lipinski definition) is 2. The van der Waals surface area contributed by atoms with Gasteiger partial charge in [-0.25, -0.2) is 0 Å². The molecule has 1 atom stereocenters. The Kier molecular flexibility index (Phi) is 11.7. The highest BCUT2D eigenvalue weighted by Gasteiger charge is 2.25. The Bertz CT molecular complexity index is 182. The predicted octanol–water partition coefficient (Wildman–Crippen LogP) is 4.89. The van der Waals surface area contributed by atoms with E-state index in [1.807, 2.05) is 0 Å². The van der Waals surface area contributed by atoms with Crippen LogP contribution in [0.2, 0.25) is 0 Å². The summed E-state index contributed by atoms with van der Waals surface area (Å²) in [7, 11) is 0. The van der Waals surface area contributed by atoms with Gasteiger partial charge in [0.05, 0.1) is 0 Å². The van der Waals surface area contributed by atoms with Gasteiger partial charge in [0, 0.05) is 6.04 Å². The van der Waals surface area contributed by atoms with Crippen molar-refractivity contribution in [1.82, 2.24) is 5.43 Å². The molecule has 0 rings (SSSR count). The number of nitrogens with two attached hydrogens (primary N) is 1. The summed E-state index contributed by atoms with van der Waals surface area (Å²) in [5, 5.41) is 0. The van der Waals surface area contributed by atoms with Gasteiger partial charge in [-0.3, -0.25) is 11.3 Å². The zero-order valence-electron chi connectivity index (χ0n) is 14.0. The molecule has 0 fully saturated rings. The molecule has 0 aromatic heterocycles. The number of hydrazine groups is 1. The van der Waals surface area contributed by atoms with Crippen LogP contribution in [0.3, 0.4) is 0 Å². The first kappa shape index (κ1) is 18.9. The van der Waals surface area contributed by atoms with Crippen molar-refractivity contribution in [1.29, 1.82) is 0 Å². The fourth-order valence-corrected chi connectivity index (χ4v) is 3.41. The zero-order chi connectivity index (χ0) is 14.7. The van der Waals surface area contributed by atoms with Crippen LogP contribution in [0.15, 0.2) is 0 Å². The van der Waals surface area contributed by atoms with E-state index in [9.17, 15) is 0 Å². The van der Waals surface area contributed by atoms with Crippen LogP contribution in [0, 0.1) is 17.8 Å². The Morgan fingerprint density at radius 2 is 1.26 bits per heavy atom.